The van der Waals surface area contributed by atoms with Crippen LogP contribution < -0.4 is 5.32 Å². The molecule has 1 rings (SSSR count). The van der Waals surface area contributed by atoms with Crippen molar-refractivity contribution in [1.29, 1.82) is 0 Å². The number of thiazole rings is 1. The van der Waals surface area contributed by atoms with E-state index >= 15 is 0 Å². The molecule has 1 heterocycles. The van der Waals surface area contributed by atoms with Crippen molar-refractivity contribution in [2.75, 3.05) is 27.4 Å². The molecule has 0 fully saturated rings. The van der Waals surface area contributed by atoms with Gasteiger partial charge in [0.15, 0.2) is 0 Å². The summed E-state index contributed by atoms with van der Waals surface area (Å²) in [6.07, 6.45) is 0. The first kappa shape index (κ1) is 12.1. The number of nitrogens with zero attached hydrogens (tertiary/aromatic N) is 1. The summed E-state index contributed by atoms with van der Waals surface area (Å²) in [7, 11) is 2.97. The topological polar surface area (TPSA) is 60.5 Å². The molecule has 6 heteroatoms. The highest BCUT2D eigenvalue weighted by atomic mass is 32.1. The van der Waals surface area contributed by atoms with E-state index in [0.717, 1.165) is 0 Å². The van der Waals surface area contributed by atoms with Crippen LogP contribution >= 0.6 is 11.3 Å². The number of methoxy groups -OCH3 is 2. The van der Waals surface area contributed by atoms with E-state index in [2.05, 4.69) is 15.0 Å². The minimum Gasteiger partial charge on any atom is -0.468 e. The van der Waals surface area contributed by atoms with Crippen molar-refractivity contribution in [1.82, 2.24) is 10.3 Å². The quantitative estimate of drug-likeness (QED) is 0.572. The Kier molecular flexibility index (Phi) is 5.23. The standard InChI is InChI=1S/C9H14N2O3S/c1-13-4-3-10-8(9(12)14-2)7-5-15-6-11-7/h5-6,8,10H,3-4H2,1-2H3. The van der Waals surface area contributed by atoms with Crippen molar-refractivity contribution in [3.63, 3.8) is 0 Å². The molecule has 84 valence electrons. The van der Waals surface area contributed by atoms with Crippen LogP contribution in [0.5, 0.6) is 0 Å². The SMILES string of the molecule is COCCNC(C(=O)OC)c1cscn1. The lowest BCUT2D eigenvalue weighted by Crippen LogP contribution is -2.32. The summed E-state index contributed by atoms with van der Waals surface area (Å²) < 4.78 is 9.58. The highest BCUT2D eigenvalue weighted by Gasteiger charge is 2.22. The Labute approximate surface area is 92.4 Å². The molecule has 0 aliphatic carbocycles. The van der Waals surface area contributed by atoms with Gasteiger partial charge in [0.25, 0.3) is 0 Å². The number of carbonyl (C=O) groups excluding carboxylic acids is 1. The molecule has 1 N–H and O–H groups in total. The van der Waals surface area contributed by atoms with Crippen LogP contribution in [0.25, 0.3) is 0 Å². The molecule has 0 aromatic carbocycles. The molecule has 0 aliphatic rings. The zero-order valence-corrected chi connectivity index (χ0v) is 9.54. The summed E-state index contributed by atoms with van der Waals surface area (Å²) in [5.41, 5.74) is 2.37. The third kappa shape index (κ3) is 3.58. The Morgan fingerprint density at radius 1 is 1.67 bits per heavy atom. The van der Waals surface area contributed by atoms with Gasteiger partial charge in [-0.25, -0.2) is 9.78 Å². The third-order valence-corrected chi connectivity index (χ3v) is 2.44. The minimum atomic E-state index is -0.503. The van der Waals surface area contributed by atoms with Crippen molar-refractivity contribution in [2.24, 2.45) is 0 Å². The van der Waals surface area contributed by atoms with Gasteiger partial charge < -0.3 is 9.47 Å². The Balaban J connectivity index is 2.58. The molecule has 1 atom stereocenters. The predicted molar refractivity (Wildman–Crippen MR) is 56.7 cm³/mol. The van der Waals surface area contributed by atoms with Gasteiger partial charge in [-0.05, 0) is 0 Å². The van der Waals surface area contributed by atoms with Crippen LogP contribution in [0.15, 0.2) is 10.9 Å². The van der Waals surface area contributed by atoms with Crippen LogP contribution in [-0.4, -0.2) is 38.3 Å². The largest absolute Gasteiger partial charge is 0.468 e. The van der Waals surface area contributed by atoms with Crippen LogP contribution in [0.4, 0.5) is 0 Å². The molecule has 0 spiro atoms. The molecule has 15 heavy (non-hydrogen) atoms. The zero-order valence-electron chi connectivity index (χ0n) is 8.73. The zero-order chi connectivity index (χ0) is 11.1. The lowest BCUT2D eigenvalue weighted by atomic mass is 10.2. The Morgan fingerprint density at radius 3 is 3.00 bits per heavy atom. The predicted octanol–water partition coefficient (Wildman–Crippen LogP) is 0.593. The summed E-state index contributed by atoms with van der Waals surface area (Å²) in [6, 6.07) is -0.503. The average Bonchev–Trinajstić information content (AvgIpc) is 2.77. The van der Waals surface area contributed by atoms with Gasteiger partial charge in [-0.1, -0.05) is 0 Å². The van der Waals surface area contributed by atoms with Gasteiger partial charge in [-0.15, -0.1) is 11.3 Å². The van der Waals surface area contributed by atoms with Crippen LogP contribution in [0.3, 0.4) is 0 Å². The number of nitrogens with one attached hydrogen (secondary N) is 1. The molecule has 0 radical (unpaired) electrons. The van der Waals surface area contributed by atoms with Crippen molar-refractivity contribution >= 4 is 17.3 Å². The first-order valence-electron chi connectivity index (χ1n) is 4.47. The molecule has 0 amide bonds. The monoisotopic (exact) mass is 230 g/mol. The highest BCUT2D eigenvalue weighted by Crippen LogP contribution is 2.13. The molecule has 1 aromatic rings. The van der Waals surface area contributed by atoms with E-state index in [1.807, 2.05) is 5.38 Å². The first-order valence-corrected chi connectivity index (χ1v) is 5.42. The van der Waals surface area contributed by atoms with Crippen molar-refractivity contribution in [3.05, 3.63) is 16.6 Å². The summed E-state index contributed by atoms with van der Waals surface area (Å²) in [5.74, 6) is -0.336. The fourth-order valence-electron chi connectivity index (χ4n) is 1.10. The van der Waals surface area contributed by atoms with E-state index in [1.165, 1.54) is 18.4 Å². The fourth-order valence-corrected chi connectivity index (χ4v) is 1.68. The second-order valence-electron chi connectivity index (χ2n) is 2.82. The Hall–Kier alpha value is -0.980. The molecular formula is C9H14N2O3S. The van der Waals surface area contributed by atoms with Crippen molar-refractivity contribution < 1.29 is 14.3 Å². The van der Waals surface area contributed by atoms with E-state index in [9.17, 15) is 4.79 Å². The van der Waals surface area contributed by atoms with Crippen molar-refractivity contribution in [3.8, 4) is 0 Å². The van der Waals surface area contributed by atoms with Crippen LogP contribution in [0, 0.1) is 0 Å². The number of hydrogen-bond acceptors (Lipinski definition) is 6. The van der Waals surface area contributed by atoms with Crippen LogP contribution in [0.1, 0.15) is 11.7 Å². The van der Waals surface area contributed by atoms with E-state index < -0.39 is 6.04 Å². The summed E-state index contributed by atoms with van der Waals surface area (Å²) in [5, 5.41) is 4.84. The summed E-state index contributed by atoms with van der Waals surface area (Å²) in [6.45, 7) is 1.12. The van der Waals surface area contributed by atoms with Gasteiger partial charge in [0.1, 0.15) is 6.04 Å². The number of ether oxygens (including phenoxy) is 2. The van der Waals surface area contributed by atoms with Gasteiger partial charge in [0, 0.05) is 19.0 Å². The van der Waals surface area contributed by atoms with E-state index in [4.69, 9.17) is 4.74 Å². The van der Waals surface area contributed by atoms with Crippen molar-refractivity contribution in [2.45, 2.75) is 6.04 Å². The van der Waals surface area contributed by atoms with Crippen LogP contribution in [-0.2, 0) is 14.3 Å². The van der Waals surface area contributed by atoms with Gasteiger partial charge in [0.2, 0.25) is 0 Å². The molecular weight excluding hydrogens is 216 g/mol. The molecule has 1 unspecified atom stereocenters. The fraction of sp³-hybridized carbons (Fsp3) is 0.556. The second kappa shape index (κ2) is 6.49. The lowest BCUT2D eigenvalue weighted by molar-refractivity contribution is -0.143. The number of hydrogen-bond donors (Lipinski definition) is 1. The smallest absolute Gasteiger partial charge is 0.329 e. The van der Waals surface area contributed by atoms with E-state index in [0.29, 0.717) is 18.8 Å². The second-order valence-corrected chi connectivity index (χ2v) is 3.54. The van der Waals surface area contributed by atoms with Crippen LogP contribution in [0.2, 0.25) is 0 Å². The third-order valence-electron chi connectivity index (χ3n) is 1.84. The van der Waals surface area contributed by atoms with E-state index in [-0.39, 0.29) is 5.97 Å². The van der Waals surface area contributed by atoms with Gasteiger partial charge in [-0.3, -0.25) is 5.32 Å². The molecule has 0 saturated heterocycles. The molecule has 5 nitrogen and oxygen atoms in total. The van der Waals surface area contributed by atoms with Gasteiger partial charge >= 0.3 is 5.97 Å². The minimum absolute atomic E-state index is 0.336. The molecule has 0 aliphatic heterocycles. The number of esters is 1. The van der Waals surface area contributed by atoms with Gasteiger partial charge in [-0.2, -0.15) is 0 Å². The summed E-state index contributed by atoms with van der Waals surface area (Å²) in [4.78, 5) is 15.5. The lowest BCUT2D eigenvalue weighted by Gasteiger charge is -2.13. The molecule has 1 aromatic heterocycles. The summed E-state index contributed by atoms with van der Waals surface area (Å²) >= 11 is 1.44. The number of carbonyl (C=O) groups is 1. The number of rotatable bonds is 6. The maximum absolute atomic E-state index is 11.4. The molecule has 0 saturated carbocycles. The molecule has 0 bridgehead atoms. The van der Waals surface area contributed by atoms with Gasteiger partial charge in [0.05, 0.1) is 24.9 Å². The Bertz CT molecular complexity index is 290. The first-order chi connectivity index (χ1) is 7.29. The Morgan fingerprint density at radius 2 is 2.47 bits per heavy atom. The number of aromatic nitrogens is 1. The average molecular weight is 230 g/mol. The highest BCUT2D eigenvalue weighted by molar-refractivity contribution is 7.07. The maximum Gasteiger partial charge on any atom is 0.329 e. The normalized spacial score (nSPS) is 12.4. The van der Waals surface area contributed by atoms with E-state index in [1.54, 1.807) is 12.6 Å². The maximum atomic E-state index is 11.4.